The van der Waals surface area contributed by atoms with Crippen molar-refractivity contribution < 1.29 is 4.79 Å². The summed E-state index contributed by atoms with van der Waals surface area (Å²) < 4.78 is 0. The van der Waals surface area contributed by atoms with E-state index < -0.39 is 0 Å². The Bertz CT molecular complexity index is 443. The van der Waals surface area contributed by atoms with Gasteiger partial charge in [0.05, 0.1) is 5.57 Å². The van der Waals surface area contributed by atoms with Crippen LogP contribution in [0.25, 0.3) is 6.08 Å². The van der Waals surface area contributed by atoms with Gasteiger partial charge >= 0.3 is 0 Å². The van der Waals surface area contributed by atoms with Crippen molar-refractivity contribution in [2.45, 2.75) is 33.1 Å². The zero-order chi connectivity index (χ0) is 12.5. The fourth-order valence-electron chi connectivity index (χ4n) is 1.36. The predicted molar refractivity (Wildman–Crippen MR) is 72.4 cm³/mol. The maximum Gasteiger partial charge on any atom is 0.168 e. The van der Waals surface area contributed by atoms with Gasteiger partial charge in [-0.25, -0.2) is 0 Å². The highest BCUT2D eigenvalue weighted by atomic mass is 16.1. The molecule has 88 valence electrons. The molecule has 0 saturated heterocycles. The second kappa shape index (κ2) is 7.46. The minimum absolute atomic E-state index is 0.0258. The number of allylic oxidation sites excluding steroid dienone is 1. The van der Waals surface area contributed by atoms with Crippen molar-refractivity contribution in [3.63, 3.8) is 0 Å². The SMILES string of the molecule is CCCCC#C/C(=C\c1ccccc1)C(C)=O. The number of carbonyl (C=O) groups excluding carboxylic acids is 1. The summed E-state index contributed by atoms with van der Waals surface area (Å²) in [4.78, 5) is 11.4. The van der Waals surface area contributed by atoms with Crippen molar-refractivity contribution >= 4 is 11.9 Å². The van der Waals surface area contributed by atoms with Gasteiger partial charge in [0, 0.05) is 6.42 Å². The smallest absolute Gasteiger partial charge is 0.168 e. The topological polar surface area (TPSA) is 17.1 Å². The summed E-state index contributed by atoms with van der Waals surface area (Å²) >= 11 is 0. The molecular weight excluding hydrogens is 208 g/mol. The summed E-state index contributed by atoms with van der Waals surface area (Å²) in [5, 5.41) is 0. The van der Waals surface area contributed by atoms with Gasteiger partial charge in [-0.05, 0) is 25.0 Å². The van der Waals surface area contributed by atoms with Crippen molar-refractivity contribution in [3.8, 4) is 11.8 Å². The van der Waals surface area contributed by atoms with Gasteiger partial charge in [0.1, 0.15) is 0 Å². The van der Waals surface area contributed by atoms with Gasteiger partial charge < -0.3 is 0 Å². The largest absolute Gasteiger partial charge is 0.294 e. The van der Waals surface area contributed by atoms with Crippen LogP contribution in [0.4, 0.5) is 0 Å². The monoisotopic (exact) mass is 226 g/mol. The number of Topliss-reactive ketones (excluding diaryl/α,β-unsaturated/α-hetero) is 1. The van der Waals surface area contributed by atoms with E-state index in [0.29, 0.717) is 5.57 Å². The number of benzene rings is 1. The lowest BCUT2D eigenvalue weighted by Gasteiger charge is -1.95. The Kier molecular flexibility index (Phi) is 5.82. The third kappa shape index (κ3) is 5.17. The summed E-state index contributed by atoms with van der Waals surface area (Å²) in [5.74, 6) is 6.04. The van der Waals surface area contributed by atoms with Crippen LogP contribution in [-0.4, -0.2) is 5.78 Å². The molecule has 1 rings (SSSR count). The molecule has 0 N–H and O–H groups in total. The minimum Gasteiger partial charge on any atom is -0.294 e. The van der Waals surface area contributed by atoms with Gasteiger partial charge in [-0.15, -0.1) is 0 Å². The summed E-state index contributed by atoms with van der Waals surface area (Å²) in [6.07, 6.45) is 4.92. The number of hydrogen-bond acceptors (Lipinski definition) is 1. The summed E-state index contributed by atoms with van der Waals surface area (Å²) in [6.45, 7) is 3.69. The molecule has 0 heterocycles. The Morgan fingerprint density at radius 1 is 1.29 bits per heavy atom. The van der Waals surface area contributed by atoms with E-state index in [1.165, 1.54) is 0 Å². The van der Waals surface area contributed by atoms with Crippen molar-refractivity contribution in [1.29, 1.82) is 0 Å². The van der Waals surface area contributed by atoms with E-state index in [4.69, 9.17) is 0 Å². The van der Waals surface area contributed by atoms with E-state index in [2.05, 4.69) is 18.8 Å². The quantitative estimate of drug-likeness (QED) is 0.433. The highest BCUT2D eigenvalue weighted by Gasteiger charge is 1.99. The molecule has 0 aromatic heterocycles. The molecule has 0 spiro atoms. The fourth-order valence-corrected chi connectivity index (χ4v) is 1.36. The van der Waals surface area contributed by atoms with Crippen LogP contribution in [0.5, 0.6) is 0 Å². The second-order valence-electron chi connectivity index (χ2n) is 3.93. The van der Waals surface area contributed by atoms with Gasteiger partial charge in [-0.2, -0.15) is 0 Å². The Labute approximate surface area is 104 Å². The third-order valence-corrected chi connectivity index (χ3v) is 2.37. The Morgan fingerprint density at radius 3 is 2.59 bits per heavy atom. The van der Waals surface area contributed by atoms with E-state index in [1.54, 1.807) is 6.92 Å². The van der Waals surface area contributed by atoms with E-state index in [9.17, 15) is 4.79 Å². The molecule has 0 fully saturated rings. The Balaban J connectivity index is 2.82. The average Bonchev–Trinajstić information content (AvgIpc) is 2.34. The normalized spacial score (nSPS) is 10.6. The third-order valence-electron chi connectivity index (χ3n) is 2.37. The second-order valence-corrected chi connectivity index (χ2v) is 3.93. The van der Waals surface area contributed by atoms with Gasteiger partial charge in [0.25, 0.3) is 0 Å². The van der Waals surface area contributed by atoms with Crippen LogP contribution < -0.4 is 0 Å². The predicted octanol–water partition coefficient (Wildman–Crippen LogP) is 3.85. The van der Waals surface area contributed by atoms with E-state index in [-0.39, 0.29) is 5.78 Å². The van der Waals surface area contributed by atoms with Crippen LogP contribution in [0.1, 0.15) is 38.7 Å². The number of carbonyl (C=O) groups is 1. The fraction of sp³-hybridized carbons (Fsp3) is 0.312. The molecule has 0 unspecified atom stereocenters. The van der Waals surface area contributed by atoms with Crippen LogP contribution in [0.15, 0.2) is 35.9 Å². The summed E-state index contributed by atoms with van der Waals surface area (Å²) in [6, 6.07) is 9.80. The molecule has 0 radical (unpaired) electrons. The van der Waals surface area contributed by atoms with Crippen LogP contribution in [0.2, 0.25) is 0 Å². The molecule has 1 aromatic carbocycles. The number of hydrogen-bond donors (Lipinski definition) is 0. The molecule has 0 aliphatic carbocycles. The maximum atomic E-state index is 11.4. The maximum absolute atomic E-state index is 11.4. The minimum atomic E-state index is 0.0258. The summed E-state index contributed by atoms with van der Waals surface area (Å²) in [7, 11) is 0. The zero-order valence-corrected chi connectivity index (χ0v) is 10.5. The molecule has 1 nitrogen and oxygen atoms in total. The molecule has 17 heavy (non-hydrogen) atoms. The lowest BCUT2D eigenvalue weighted by Crippen LogP contribution is -1.93. The van der Waals surface area contributed by atoms with Crippen LogP contribution >= 0.6 is 0 Å². The van der Waals surface area contributed by atoms with Gasteiger partial charge in [-0.3, -0.25) is 4.79 Å². The van der Waals surface area contributed by atoms with Crippen molar-refractivity contribution in [2.24, 2.45) is 0 Å². The molecule has 0 aliphatic rings. The first-order valence-corrected chi connectivity index (χ1v) is 6.00. The van der Waals surface area contributed by atoms with Crippen molar-refractivity contribution in [1.82, 2.24) is 0 Å². The highest BCUT2D eigenvalue weighted by molar-refractivity contribution is 6.02. The van der Waals surface area contributed by atoms with Crippen LogP contribution in [0, 0.1) is 11.8 Å². The first-order chi connectivity index (χ1) is 8.24. The molecule has 1 heteroatoms. The average molecular weight is 226 g/mol. The molecule has 0 saturated carbocycles. The van der Waals surface area contributed by atoms with E-state index in [0.717, 1.165) is 24.8 Å². The lowest BCUT2D eigenvalue weighted by molar-refractivity contribution is -0.113. The first kappa shape index (κ1) is 13.3. The van der Waals surface area contributed by atoms with Gasteiger partial charge in [0.15, 0.2) is 5.78 Å². The standard InChI is InChI=1S/C16H18O/c1-3-4-5-9-12-16(14(2)17)13-15-10-7-6-8-11-15/h6-8,10-11,13H,3-5H2,1-2H3/b16-13+. The van der Waals surface area contributed by atoms with E-state index >= 15 is 0 Å². The first-order valence-electron chi connectivity index (χ1n) is 6.00. The number of ketones is 1. The van der Waals surface area contributed by atoms with Gasteiger partial charge in [-0.1, -0.05) is 55.5 Å². The number of unbranched alkanes of at least 4 members (excludes halogenated alkanes) is 2. The van der Waals surface area contributed by atoms with Crippen molar-refractivity contribution in [3.05, 3.63) is 41.5 Å². The van der Waals surface area contributed by atoms with Gasteiger partial charge in [0.2, 0.25) is 0 Å². The molecule has 1 aromatic rings. The molecule has 0 amide bonds. The van der Waals surface area contributed by atoms with Crippen LogP contribution in [0.3, 0.4) is 0 Å². The lowest BCUT2D eigenvalue weighted by atomic mass is 10.1. The highest BCUT2D eigenvalue weighted by Crippen LogP contribution is 2.07. The number of rotatable bonds is 4. The van der Waals surface area contributed by atoms with Crippen LogP contribution in [-0.2, 0) is 4.79 Å². The molecule has 0 aliphatic heterocycles. The Morgan fingerprint density at radius 2 is 2.00 bits per heavy atom. The molecule has 0 bridgehead atoms. The van der Waals surface area contributed by atoms with Crippen molar-refractivity contribution in [2.75, 3.05) is 0 Å². The Hall–Kier alpha value is -1.81. The molecular formula is C16H18O. The van der Waals surface area contributed by atoms with E-state index in [1.807, 2.05) is 36.4 Å². The zero-order valence-electron chi connectivity index (χ0n) is 10.5. The molecule has 0 atom stereocenters. The summed E-state index contributed by atoms with van der Waals surface area (Å²) in [5.41, 5.74) is 1.61.